The van der Waals surface area contributed by atoms with Gasteiger partial charge in [0.2, 0.25) is 0 Å². The van der Waals surface area contributed by atoms with Crippen molar-refractivity contribution in [3.8, 4) is 0 Å². The lowest BCUT2D eigenvalue weighted by Crippen LogP contribution is -2.47. The quantitative estimate of drug-likeness (QED) is 0.683. The summed E-state index contributed by atoms with van der Waals surface area (Å²) in [5.74, 6) is 0.168. The molecule has 1 aliphatic rings. The molecule has 2 amide bonds. The Bertz CT molecular complexity index is 517. The van der Waals surface area contributed by atoms with E-state index in [1.807, 2.05) is 33.5 Å². The highest BCUT2D eigenvalue weighted by atomic mass is 16.3. The highest BCUT2D eigenvalue weighted by Crippen LogP contribution is 2.23. The van der Waals surface area contributed by atoms with Gasteiger partial charge in [-0.3, -0.25) is 4.68 Å². The second kappa shape index (κ2) is 9.03. The van der Waals surface area contributed by atoms with Crippen molar-refractivity contribution in [3.63, 3.8) is 0 Å². The normalized spacial score (nSPS) is 22.9. The van der Waals surface area contributed by atoms with E-state index in [1.54, 1.807) is 4.68 Å². The van der Waals surface area contributed by atoms with Gasteiger partial charge in [-0.1, -0.05) is 19.3 Å². The molecular weight excluding hydrogens is 306 g/mol. The van der Waals surface area contributed by atoms with Gasteiger partial charge in [-0.15, -0.1) is 0 Å². The maximum atomic E-state index is 12.3. The summed E-state index contributed by atoms with van der Waals surface area (Å²) in [5, 5.41) is 19.8. The van der Waals surface area contributed by atoms with Crippen molar-refractivity contribution in [2.75, 3.05) is 27.2 Å². The molecule has 3 atom stereocenters. The van der Waals surface area contributed by atoms with E-state index in [0.717, 1.165) is 31.2 Å². The van der Waals surface area contributed by atoms with Crippen LogP contribution in [0.1, 0.15) is 43.7 Å². The van der Waals surface area contributed by atoms with Gasteiger partial charge in [0.15, 0.2) is 0 Å². The number of carbonyl (C=O) groups is 1. The molecule has 0 saturated heterocycles. The second-order valence-corrected chi connectivity index (χ2v) is 6.97. The van der Waals surface area contributed by atoms with Crippen LogP contribution in [-0.2, 0) is 7.05 Å². The molecule has 0 spiro atoms. The van der Waals surface area contributed by atoms with Crippen LogP contribution in [0.5, 0.6) is 0 Å². The number of aromatic nitrogens is 2. The Morgan fingerprint density at radius 1 is 1.42 bits per heavy atom. The first kappa shape index (κ1) is 18.7. The summed E-state index contributed by atoms with van der Waals surface area (Å²) >= 11 is 0. The van der Waals surface area contributed by atoms with E-state index in [9.17, 15) is 9.90 Å². The highest BCUT2D eigenvalue weighted by molar-refractivity contribution is 5.74. The fourth-order valence-corrected chi connectivity index (χ4v) is 3.41. The van der Waals surface area contributed by atoms with Crippen LogP contribution >= 0.6 is 0 Å². The standard InChI is InChI=1S/C17H31N5O2/c1-21(2)16(14-9-19-22(3)11-14)10-18-17(24)20-15-8-6-4-5-7-13(15)12-23/h9,11,13,15-16,23H,4-8,10,12H2,1-3H3,(H2,18,20,24). The second-order valence-electron chi connectivity index (χ2n) is 6.97. The Morgan fingerprint density at radius 3 is 2.79 bits per heavy atom. The van der Waals surface area contributed by atoms with Crippen molar-refractivity contribution < 1.29 is 9.90 Å². The predicted molar refractivity (Wildman–Crippen MR) is 93.6 cm³/mol. The van der Waals surface area contributed by atoms with Crippen LogP contribution in [0, 0.1) is 5.92 Å². The summed E-state index contributed by atoms with van der Waals surface area (Å²) in [6, 6.07) is -0.0167. The molecule has 7 nitrogen and oxygen atoms in total. The summed E-state index contributed by atoms with van der Waals surface area (Å²) in [4.78, 5) is 14.4. The van der Waals surface area contributed by atoms with Crippen LogP contribution in [0.4, 0.5) is 4.79 Å². The number of aliphatic hydroxyl groups is 1. The fourth-order valence-electron chi connectivity index (χ4n) is 3.41. The maximum absolute atomic E-state index is 12.3. The number of hydrogen-bond acceptors (Lipinski definition) is 4. The zero-order valence-electron chi connectivity index (χ0n) is 15.0. The first-order chi connectivity index (χ1) is 11.5. The minimum atomic E-state index is -0.156. The van der Waals surface area contributed by atoms with E-state index in [2.05, 4.69) is 20.6 Å². The smallest absolute Gasteiger partial charge is 0.315 e. The maximum Gasteiger partial charge on any atom is 0.315 e. The molecule has 0 bridgehead atoms. The zero-order valence-corrected chi connectivity index (χ0v) is 15.0. The lowest BCUT2D eigenvalue weighted by Gasteiger charge is -2.27. The molecule has 0 aliphatic heterocycles. The van der Waals surface area contributed by atoms with Crippen LogP contribution in [0.25, 0.3) is 0 Å². The summed E-state index contributed by atoms with van der Waals surface area (Å²) in [6.07, 6.45) is 9.15. The van der Waals surface area contributed by atoms with Crippen molar-refractivity contribution in [2.45, 2.75) is 44.2 Å². The fraction of sp³-hybridized carbons (Fsp3) is 0.765. The van der Waals surface area contributed by atoms with Crippen LogP contribution < -0.4 is 10.6 Å². The Kier molecular flexibility index (Phi) is 7.05. The predicted octanol–water partition coefficient (Wildman–Crippen LogP) is 1.26. The molecule has 2 rings (SSSR count). The van der Waals surface area contributed by atoms with E-state index < -0.39 is 0 Å². The van der Waals surface area contributed by atoms with Gasteiger partial charge in [-0.25, -0.2) is 4.79 Å². The molecule has 7 heteroatoms. The molecule has 1 aliphatic carbocycles. The lowest BCUT2D eigenvalue weighted by molar-refractivity contribution is 0.178. The Labute approximate surface area is 144 Å². The van der Waals surface area contributed by atoms with Gasteiger partial charge in [0.25, 0.3) is 0 Å². The van der Waals surface area contributed by atoms with Gasteiger partial charge in [-0.05, 0) is 26.9 Å². The van der Waals surface area contributed by atoms with Crippen molar-refractivity contribution in [3.05, 3.63) is 18.0 Å². The molecule has 0 radical (unpaired) electrons. The number of carbonyl (C=O) groups excluding carboxylic acids is 1. The number of likely N-dealkylation sites (N-methyl/N-ethyl adjacent to an activating group) is 1. The molecule has 1 heterocycles. The number of nitrogens with one attached hydrogen (secondary N) is 2. The number of aryl methyl sites for hydroxylation is 1. The summed E-state index contributed by atoms with van der Waals surface area (Å²) in [6.45, 7) is 0.655. The Morgan fingerprint density at radius 2 is 2.17 bits per heavy atom. The lowest BCUT2D eigenvalue weighted by atomic mass is 9.96. The Hall–Kier alpha value is -1.60. The molecule has 0 aromatic carbocycles. The van der Waals surface area contributed by atoms with E-state index in [4.69, 9.17) is 0 Å². The third-order valence-corrected chi connectivity index (χ3v) is 4.90. The molecular formula is C17H31N5O2. The molecule has 3 N–H and O–H groups in total. The highest BCUT2D eigenvalue weighted by Gasteiger charge is 2.25. The van der Waals surface area contributed by atoms with E-state index >= 15 is 0 Å². The van der Waals surface area contributed by atoms with E-state index in [-0.39, 0.29) is 30.6 Å². The van der Waals surface area contributed by atoms with Gasteiger partial charge in [-0.2, -0.15) is 5.10 Å². The third kappa shape index (κ3) is 5.21. The molecule has 24 heavy (non-hydrogen) atoms. The topological polar surface area (TPSA) is 82.4 Å². The average Bonchev–Trinajstić information content (AvgIpc) is 2.83. The molecule has 1 aromatic heterocycles. The van der Waals surface area contributed by atoms with Crippen molar-refractivity contribution in [1.82, 2.24) is 25.3 Å². The largest absolute Gasteiger partial charge is 0.396 e. The number of amides is 2. The number of hydrogen-bond donors (Lipinski definition) is 3. The van der Waals surface area contributed by atoms with E-state index in [0.29, 0.717) is 6.54 Å². The van der Waals surface area contributed by atoms with E-state index in [1.165, 1.54) is 6.42 Å². The molecule has 136 valence electrons. The number of rotatable bonds is 6. The minimum absolute atomic E-state index is 0.0636. The van der Waals surface area contributed by atoms with Gasteiger partial charge in [0, 0.05) is 43.9 Å². The summed E-state index contributed by atoms with van der Waals surface area (Å²) in [5.41, 5.74) is 1.07. The average molecular weight is 337 g/mol. The van der Waals surface area contributed by atoms with Crippen molar-refractivity contribution in [2.24, 2.45) is 13.0 Å². The van der Waals surface area contributed by atoms with Crippen LogP contribution in [0.3, 0.4) is 0 Å². The third-order valence-electron chi connectivity index (χ3n) is 4.90. The van der Waals surface area contributed by atoms with Crippen LogP contribution in [0.15, 0.2) is 12.4 Å². The van der Waals surface area contributed by atoms with Gasteiger partial charge >= 0.3 is 6.03 Å². The molecule has 1 aromatic rings. The zero-order chi connectivity index (χ0) is 17.5. The molecule has 3 unspecified atom stereocenters. The Balaban J connectivity index is 1.88. The van der Waals surface area contributed by atoms with Gasteiger partial charge < -0.3 is 20.6 Å². The monoisotopic (exact) mass is 337 g/mol. The number of aliphatic hydroxyl groups excluding tert-OH is 1. The number of nitrogens with zero attached hydrogens (tertiary/aromatic N) is 3. The summed E-state index contributed by atoms with van der Waals surface area (Å²) in [7, 11) is 5.87. The first-order valence-electron chi connectivity index (χ1n) is 8.81. The number of urea groups is 1. The van der Waals surface area contributed by atoms with Crippen molar-refractivity contribution >= 4 is 6.03 Å². The van der Waals surface area contributed by atoms with Crippen LogP contribution in [0.2, 0.25) is 0 Å². The van der Waals surface area contributed by atoms with Gasteiger partial charge in [0.05, 0.1) is 12.2 Å². The minimum Gasteiger partial charge on any atom is -0.396 e. The molecule has 1 saturated carbocycles. The first-order valence-corrected chi connectivity index (χ1v) is 8.81. The SMILES string of the molecule is CN(C)C(CNC(=O)NC1CCCCCC1CO)c1cnn(C)c1. The van der Waals surface area contributed by atoms with Crippen LogP contribution in [-0.4, -0.2) is 59.1 Å². The van der Waals surface area contributed by atoms with Crippen molar-refractivity contribution in [1.29, 1.82) is 0 Å². The molecule has 1 fully saturated rings. The summed E-state index contributed by atoms with van der Waals surface area (Å²) < 4.78 is 1.77. The van der Waals surface area contributed by atoms with Gasteiger partial charge in [0.1, 0.15) is 0 Å².